The van der Waals surface area contributed by atoms with Crippen LogP contribution in [0.1, 0.15) is 34.8 Å². The number of alkyl halides is 1. The van der Waals surface area contributed by atoms with Crippen LogP contribution in [0.4, 0.5) is 4.39 Å². The third-order valence-corrected chi connectivity index (χ3v) is 8.93. The van der Waals surface area contributed by atoms with Crippen molar-refractivity contribution in [3.05, 3.63) is 63.8 Å². The van der Waals surface area contributed by atoms with Gasteiger partial charge in [0.2, 0.25) is 11.7 Å². The molecule has 5 rings (SSSR count). The minimum absolute atomic E-state index is 0.00355. The minimum atomic E-state index is -2.74. The van der Waals surface area contributed by atoms with Crippen LogP contribution < -0.4 is 15.8 Å². The highest BCUT2D eigenvalue weighted by atomic mass is 19.1. The lowest BCUT2D eigenvalue weighted by atomic mass is 9.58. The lowest BCUT2D eigenvalue weighted by molar-refractivity contribution is -0.148. The Morgan fingerprint density at radius 2 is 1.98 bits per heavy atom. The number of carbonyl (C=O) groups is 3. The van der Waals surface area contributed by atoms with Crippen LogP contribution in [0.25, 0.3) is 11.1 Å². The summed E-state index contributed by atoms with van der Waals surface area (Å²) in [6.07, 6.45) is 1.62. The first-order valence-electron chi connectivity index (χ1n) is 14.1. The first-order chi connectivity index (χ1) is 20.8. The third-order valence-electron chi connectivity index (χ3n) is 8.93. The number of phenolic OH excluding ortho intramolecular Hbond substituents is 1. The van der Waals surface area contributed by atoms with Gasteiger partial charge in [0.05, 0.1) is 18.7 Å². The standard InChI is InChI=1S/C31H35FN4O8/c1-13(10-32)34-12-16-8-17(14-5-6-20(44-4)35-11-14)18-7-15-9-19-24(36(2)3)27(39)23(30(33)42)29(41)31(19,43)28(40)21(15)26(38)22(18)25(16)37/h5-6,8,11,13,15,19,24,34,37,39-40,43H,7,9-10,12H2,1-4H3,(H2,33,42)/t13?,15-,19-,24-,31-/m0/s1. The number of aliphatic hydroxyl groups is 3. The molecule has 2 aromatic rings. The molecule has 0 aliphatic heterocycles. The second-order valence-electron chi connectivity index (χ2n) is 11.8. The fourth-order valence-corrected chi connectivity index (χ4v) is 6.77. The lowest BCUT2D eigenvalue weighted by Gasteiger charge is -2.50. The molecule has 0 radical (unpaired) electrons. The van der Waals surface area contributed by atoms with E-state index in [0.29, 0.717) is 22.6 Å². The molecular weight excluding hydrogens is 575 g/mol. The molecule has 0 fully saturated rings. The summed E-state index contributed by atoms with van der Waals surface area (Å²) in [6, 6.07) is 3.43. The third kappa shape index (κ3) is 4.62. The summed E-state index contributed by atoms with van der Waals surface area (Å²) >= 11 is 0. The first kappa shape index (κ1) is 31.1. The predicted octanol–water partition coefficient (Wildman–Crippen LogP) is 1.64. The van der Waals surface area contributed by atoms with Crippen LogP contribution in [0, 0.1) is 11.8 Å². The van der Waals surface area contributed by atoms with Crippen molar-refractivity contribution in [1.29, 1.82) is 0 Å². The van der Waals surface area contributed by atoms with E-state index in [1.807, 2.05) is 0 Å². The molecule has 13 heteroatoms. The number of ether oxygens (including phenoxy) is 1. The Hall–Kier alpha value is -4.33. The Balaban J connectivity index is 1.72. The van der Waals surface area contributed by atoms with Crippen molar-refractivity contribution in [2.75, 3.05) is 27.9 Å². The fraction of sp³-hybridized carbons (Fsp3) is 0.419. The van der Waals surface area contributed by atoms with E-state index < -0.39 is 76.5 Å². The largest absolute Gasteiger partial charge is 0.510 e. The number of ketones is 2. The molecule has 1 aromatic heterocycles. The molecular formula is C31H35FN4O8. The molecule has 44 heavy (non-hydrogen) atoms. The number of hydrogen-bond acceptors (Lipinski definition) is 11. The van der Waals surface area contributed by atoms with Crippen molar-refractivity contribution >= 4 is 17.5 Å². The number of aromatic hydroxyl groups is 1. The topological polar surface area (TPSA) is 196 Å². The van der Waals surface area contributed by atoms with Gasteiger partial charge < -0.3 is 36.2 Å². The number of nitrogens with two attached hydrogens (primary N) is 1. The van der Waals surface area contributed by atoms with E-state index in [2.05, 4.69) is 10.3 Å². The summed E-state index contributed by atoms with van der Waals surface area (Å²) in [5, 5.41) is 48.7. The van der Waals surface area contributed by atoms with Crippen molar-refractivity contribution in [3.63, 3.8) is 0 Å². The summed E-state index contributed by atoms with van der Waals surface area (Å²) in [7, 11) is 4.61. The van der Waals surface area contributed by atoms with Gasteiger partial charge in [0.15, 0.2) is 11.4 Å². The Morgan fingerprint density at radius 3 is 2.55 bits per heavy atom. The number of rotatable bonds is 8. The molecule has 1 heterocycles. The normalized spacial score (nSPS) is 25.5. The molecule has 0 saturated carbocycles. The van der Waals surface area contributed by atoms with Crippen LogP contribution in [-0.2, 0) is 22.6 Å². The van der Waals surface area contributed by atoms with E-state index in [-0.39, 0.29) is 36.1 Å². The number of phenols is 1. The highest BCUT2D eigenvalue weighted by Crippen LogP contribution is 2.53. The number of methoxy groups -OCH3 is 1. The highest BCUT2D eigenvalue weighted by molar-refractivity contribution is 6.25. The molecule has 12 nitrogen and oxygen atoms in total. The Bertz CT molecular complexity index is 1620. The van der Waals surface area contributed by atoms with Gasteiger partial charge in [-0.25, -0.2) is 9.37 Å². The van der Waals surface area contributed by atoms with Gasteiger partial charge >= 0.3 is 0 Å². The van der Waals surface area contributed by atoms with Gasteiger partial charge in [-0.15, -0.1) is 0 Å². The van der Waals surface area contributed by atoms with E-state index in [1.165, 1.54) is 12.0 Å². The number of benzene rings is 1. The molecule has 3 aliphatic rings. The highest BCUT2D eigenvalue weighted by Gasteiger charge is 2.63. The predicted molar refractivity (Wildman–Crippen MR) is 156 cm³/mol. The van der Waals surface area contributed by atoms with Crippen molar-refractivity contribution in [2.24, 2.45) is 17.6 Å². The van der Waals surface area contributed by atoms with E-state index in [9.17, 15) is 39.2 Å². The number of likely N-dealkylation sites (N-methyl/N-ethyl adjacent to an activating group) is 1. The quantitative estimate of drug-likeness (QED) is 0.238. The number of aromatic nitrogens is 1. The first-order valence-corrected chi connectivity index (χ1v) is 14.1. The average Bonchev–Trinajstić information content (AvgIpc) is 2.98. The Labute approximate surface area is 252 Å². The van der Waals surface area contributed by atoms with Crippen molar-refractivity contribution in [2.45, 2.75) is 44.0 Å². The monoisotopic (exact) mass is 610 g/mol. The number of halogens is 1. The number of fused-ring (bicyclic) bond motifs is 3. The second-order valence-corrected chi connectivity index (χ2v) is 11.8. The molecule has 3 aliphatic carbocycles. The maximum atomic E-state index is 14.3. The van der Waals surface area contributed by atoms with Crippen LogP contribution in [0.5, 0.6) is 11.6 Å². The summed E-state index contributed by atoms with van der Waals surface area (Å²) in [4.78, 5) is 45.8. The SMILES string of the molecule is COc1ccc(-c2cc(CNC(C)CF)c(O)c3c2C[C@H]2C[C@H]4[C@H](N(C)C)C(O)=C(C(N)=O)C(=O)[C@@]4(O)C(O)=C2C3=O)cn1. The molecule has 234 valence electrons. The van der Waals surface area contributed by atoms with E-state index in [1.54, 1.807) is 45.4 Å². The van der Waals surface area contributed by atoms with Gasteiger partial charge in [-0.3, -0.25) is 19.3 Å². The van der Waals surface area contributed by atoms with E-state index >= 15 is 0 Å². The van der Waals surface area contributed by atoms with Crippen molar-refractivity contribution in [1.82, 2.24) is 15.2 Å². The minimum Gasteiger partial charge on any atom is -0.510 e. The van der Waals surface area contributed by atoms with Gasteiger partial charge in [0.25, 0.3) is 5.91 Å². The number of primary amides is 1. The maximum Gasteiger partial charge on any atom is 0.255 e. The summed E-state index contributed by atoms with van der Waals surface area (Å²) < 4.78 is 18.4. The fourth-order valence-electron chi connectivity index (χ4n) is 6.77. The zero-order valence-electron chi connectivity index (χ0n) is 24.7. The molecule has 7 N–H and O–H groups in total. The van der Waals surface area contributed by atoms with Gasteiger partial charge in [-0.1, -0.05) is 0 Å². The lowest BCUT2D eigenvalue weighted by Crippen LogP contribution is -2.63. The smallest absolute Gasteiger partial charge is 0.255 e. The maximum absolute atomic E-state index is 14.3. The van der Waals surface area contributed by atoms with Crippen molar-refractivity contribution < 1.29 is 43.9 Å². The number of hydrogen-bond donors (Lipinski definition) is 6. The zero-order chi connectivity index (χ0) is 32.2. The van der Waals surface area contributed by atoms with Crippen LogP contribution in [-0.4, -0.2) is 93.3 Å². The number of nitrogens with one attached hydrogen (secondary N) is 1. The van der Waals surface area contributed by atoms with Crippen LogP contribution in [0.3, 0.4) is 0 Å². The number of carbonyl (C=O) groups excluding carboxylic acids is 3. The molecule has 0 bridgehead atoms. The number of Topliss-reactive ketones (excluding diaryl/α,β-unsaturated/α-hetero) is 2. The second kappa shape index (κ2) is 11.3. The van der Waals surface area contributed by atoms with Crippen LogP contribution in [0.15, 0.2) is 47.1 Å². The van der Waals surface area contributed by atoms with Crippen molar-refractivity contribution in [3.8, 4) is 22.8 Å². The summed E-state index contributed by atoms with van der Waals surface area (Å²) in [5.41, 5.74) is 3.29. The Morgan fingerprint density at radius 1 is 1.27 bits per heavy atom. The van der Waals surface area contributed by atoms with Gasteiger partial charge in [-0.05, 0) is 63.0 Å². The molecule has 1 amide bonds. The van der Waals surface area contributed by atoms with Crippen LogP contribution in [0.2, 0.25) is 0 Å². The van der Waals surface area contributed by atoms with E-state index in [0.717, 1.165) is 0 Å². The number of amides is 1. The molecule has 1 aromatic carbocycles. The van der Waals surface area contributed by atoms with Gasteiger partial charge in [0, 0.05) is 47.5 Å². The van der Waals surface area contributed by atoms with Crippen LogP contribution >= 0.6 is 0 Å². The number of allylic oxidation sites excluding steroid dienone is 1. The number of nitrogens with zero attached hydrogens (tertiary/aromatic N) is 2. The summed E-state index contributed by atoms with van der Waals surface area (Å²) in [5.74, 6) is -6.89. The molecule has 1 unspecified atom stereocenters. The van der Waals surface area contributed by atoms with Gasteiger partial charge in [0.1, 0.15) is 29.5 Å². The molecule has 0 spiro atoms. The Kier molecular flexibility index (Phi) is 7.99. The summed E-state index contributed by atoms with van der Waals surface area (Å²) in [6.45, 7) is 0.960. The number of pyridine rings is 1. The molecule has 0 saturated heterocycles. The number of aliphatic hydroxyl groups excluding tert-OH is 2. The zero-order valence-corrected chi connectivity index (χ0v) is 24.7. The van der Waals surface area contributed by atoms with E-state index in [4.69, 9.17) is 10.5 Å². The molecule has 5 atom stereocenters. The average molecular weight is 611 g/mol. The van der Waals surface area contributed by atoms with Gasteiger partial charge in [-0.2, -0.15) is 0 Å².